The summed E-state index contributed by atoms with van der Waals surface area (Å²) in [6.45, 7) is 1.48. The number of carbonyl (C=O) groups is 2. The lowest BCUT2D eigenvalue weighted by atomic mass is 9.98. The lowest BCUT2D eigenvalue weighted by molar-refractivity contribution is -0.138. The van der Waals surface area contributed by atoms with Gasteiger partial charge in [-0.3, -0.25) is 0 Å². The highest BCUT2D eigenvalue weighted by atomic mass is 16.6. The van der Waals surface area contributed by atoms with Crippen molar-refractivity contribution < 1.29 is 19.4 Å². The van der Waals surface area contributed by atoms with Gasteiger partial charge < -0.3 is 9.84 Å². The van der Waals surface area contributed by atoms with Crippen LogP contribution in [0, 0.1) is 0 Å². The van der Waals surface area contributed by atoms with Crippen LogP contribution in [0.1, 0.15) is 24.0 Å². The predicted octanol–water partition coefficient (Wildman–Crippen LogP) is 3.01. The number of fused-ring (bicyclic) bond motifs is 3. The van der Waals surface area contributed by atoms with E-state index >= 15 is 0 Å². The van der Waals surface area contributed by atoms with E-state index in [1.54, 1.807) is 0 Å². The molecule has 1 aliphatic rings. The number of benzene rings is 2. The van der Waals surface area contributed by atoms with Crippen molar-refractivity contribution in [2.75, 3.05) is 6.61 Å². The topological polar surface area (TPSA) is 77.7 Å². The largest absolute Gasteiger partial charge is 0.480 e. The number of amides is 1. The van der Waals surface area contributed by atoms with Gasteiger partial charge in [-0.05, 0) is 29.2 Å². The first-order valence-corrected chi connectivity index (χ1v) is 7.36. The highest BCUT2D eigenvalue weighted by molar-refractivity contribution is 5.80. The summed E-state index contributed by atoms with van der Waals surface area (Å²) in [4.78, 5) is 22.4. The lowest BCUT2D eigenvalue weighted by Gasteiger charge is -2.14. The zero-order chi connectivity index (χ0) is 16.4. The van der Waals surface area contributed by atoms with Gasteiger partial charge in [0, 0.05) is 5.92 Å². The number of carboxylic acids is 1. The monoisotopic (exact) mass is 311 g/mol. The molecule has 0 saturated heterocycles. The van der Waals surface area contributed by atoms with E-state index in [1.807, 2.05) is 48.5 Å². The average molecular weight is 311 g/mol. The molecule has 0 heterocycles. The minimum Gasteiger partial charge on any atom is -0.480 e. The third-order valence-electron chi connectivity index (χ3n) is 3.99. The second kappa shape index (κ2) is 6.12. The zero-order valence-corrected chi connectivity index (χ0v) is 12.6. The Morgan fingerprint density at radius 2 is 1.61 bits per heavy atom. The third-order valence-corrected chi connectivity index (χ3v) is 3.99. The number of carbonyl (C=O) groups excluding carboxylic acids is 1. The first kappa shape index (κ1) is 15.1. The minimum atomic E-state index is -1.15. The molecule has 1 aliphatic carbocycles. The molecule has 1 atom stereocenters. The zero-order valence-electron chi connectivity index (χ0n) is 12.6. The van der Waals surface area contributed by atoms with Crippen molar-refractivity contribution >= 4 is 12.1 Å². The summed E-state index contributed by atoms with van der Waals surface area (Å²) in [5, 5.41) is 12.3. The van der Waals surface area contributed by atoms with Gasteiger partial charge in [0.25, 0.3) is 0 Å². The standard InChI is InChI=1S/C18H16NO4/c1-11(17(20)21)19-18(22)23-10-16-14-8-4-2-6-12(14)13-7-3-5-9-15(13)16/h2-9,11,16H,10H2,1H3,(H,20,21)/t11-/m0/s1/i19+1. The van der Waals surface area contributed by atoms with Crippen LogP contribution in [-0.4, -0.2) is 29.8 Å². The van der Waals surface area contributed by atoms with Gasteiger partial charge in [-0.2, -0.15) is 5.32 Å². The summed E-state index contributed by atoms with van der Waals surface area (Å²) in [7, 11) is 0. The molecule has 2 aromatic carbocycles. The first-order chi connectivity index (χ1) is 11.1. The number of hydrogen-bond acceptors (Lipinski definition) is 3. The second-order valence-electron chi connectivity index (χ2n) is 5.45. The van der Waals surface area contributed by atoms with Gasteiger partial charge in [0.05, 0.1) is 0 Å². The quantitative estimate of drug-likeness (QED) is 0.880. The first-order valence-electron chi connectivity index (χ1n) is 7.36. The highest BCUT2D eigenvalue weighted by Crippen LogP contribution is 2.44. The van der Waals surface area contributed by atoms with Crippen LogP contribution in [0.3, 0.4) is 0 Å². The van der Waals surface area contributed by atoms with Crippen LogP contribution in [0.15, 0.2) is 48.5 Å². The van der Waals surface area contributed by atoms with Crippen molar-refractivity contribution in [3.63, 3.8) is 0 Å². The van der Waals surface area contributed by atoms with E-state index in [2.05, 4.69) is 5.32 Å². The van der Waals surface area contributed by atoms with E-state index in [9.17, 15) is 9.59 Å². The molecule has 0 spiro atoms. The summed E-state index contributed by atoms with van der Waals surface area (Å²) < 4.78 is 5.19. The summed E-state index contributed by atoms with van der Waals surface area (Å²) in [6, 6.07) is 14.9. The maximum Gasteiger partial charge on any atom is 0.429 e. The van der Waals surface area contributed by atoms with Crippen LogP contribution in [-0.2, 0) is 9.53 Å². The molecule has 0 fully saturated rings. The molecular weight excluding hydrogens is 295 g/mol. The molecule has 1 radical (unpaired) electrons. The summed E-state index contributed by atoms with van der Waals surface area (Å²) in [5.41, 5.74) is 4.49. The number of ether oxygens (including phenoxy) is 1. The fourth-order valence-corrected chi connectivity index (χ4v) is 2.84. The van der Waals surface area contributed by atoms with Crippen molar-refractivity contribution in [1.82, 2.24) is 5.32 Å². The van der Waals surface area contributed by atoms with E-state index in [-0.39, 0.29) is 12.5 Å². The van der Waals surface area contributed by atoms with E-state index in [4.69, 9.17) is 9.84 Å². The number of hydrogen-bond donors (Lipinski definition) is 1. The Balaban J connectivity index is 1.76. The Kier molecular flexibility index (Phi) is 4.02. The minimum absolute atomic E-state index is 0.0540. The number of rotatable bonds is 4. The molecular formula is C18H16NO4. The van der Waals surface area contributed by atoms with E-state index in [1.165, 1.54) is 6.92 Å². The van der Waals surface area contributed by atoms with Crippen LogP contribution in [0.25, 0.3) is 11.1 Å². The van der Waals surface area contributed by atoms with Gasteiger partial charge >= 0.3 is 12.1 Å². The normalized spacial score (nSPS) is 13.8. The molecule has 0 aromatic heterocycles. The molecule has 3 rings (SSSR count). The van der Waals surface area contributed by atoms with Gasteiger partial charge in [-0.1, -0.05) is 48.5 Å². The third kappa shape index (κ3) is 2.90. The Morgan fingerprint density at radius 1 is 1.09 bits per heavy atom. The number of carboxylic acid groups (broad SMARTS) is 1. The van der Waals surface area contributed by atoms with Crippen molar-refractivity contribution in [1.29, 1.82) is 0 Å². The van der Waals surface area contributed by atoms with E-state index in [0.29, 0.717) is 0 Å². The number of nitrogens with zero attached hydrogens (tertiary/aromatic N) is 1. The van der Waals surface area contributed by atoms with Crippen LogP contribution in [0.2, 0.25) is 0 Å². The van der Waals surface area contributed by atoms with Crippen LogP contribution in [0.5, 0.6) is 0 Å². The average Bonchev–Trinajstić information content (AvgIpc) is 2.87. The van der Waals surface area contributed by atoms with Gasteiger partial charge in [0.15, 0.2) is 6.04 Å². The fourth-order valence-electron chi connectivity index (χ4n) is 2.84. The Labute approximate surface area is 133 Å². The summed E-state index contributed by atoms with van der Waals surface area (Å²) in [6.07, 6.45) is -0.846. The fraction of sp³-hybridized carbons (Fsp3) is 0.222. The second-order valence-corrected chi connectivity index (χ2v) is 5.45. The SMILES string of the molecule is C[C@H]([15N]C(=O)OCC1c2ccccc2-c2ccccc21)C(=O)O. The van der Waals surface area contributed by atoms with E-state index < -0.39 is 18.1 Å². The van der Waals surface area contributed by atoms with Gasteiger partial charge in [-0.15, -0.1) is 0 Å². The molecule has 23 heavy (non-hydrogen) atoms. The van der Waals surface area contributed by atoms with Crippen LogP contribution >= 0.6 is 0 Å². The number of aliphatic carboxylic acids is 1. The molecule has 1 amide bonds. The summed E-state index contributed by atoms with van der Waals surface area (Å²) in [5.74, 6) is -1.21. The van der Waals surface area contributed by atoms with Gasteiger partial charge in [0.2, 0.25) is 0 Å². The van der Waals surface area contributed by atoms with Crippen molar-refractivity contribution in [3.8, 4) is 11.1 Å². The molecule has 5 heteroatoms. The smallest absolute Gasteiger partial charge is 0.429 e. The molecule has 117 valence electrons. The molecule has 1 N–H and O–H groups in total. The predicted molar refractivity (Wildman–Crippen MR) is 84.3 cm³/mol. The van der Waals surface area contributed by atoms with Crippen molar-refractivity contribution in [3.05, 3.63) is 59.7 Å². The molecule has 0 unspecified atom stereocenters. The van der Waals surface area contributed by atoms with Gasteiger partial charge in [0.1, 0.15) is 6.61 Å². The van der Waals surface area contributed by atoms with Crippen molar-refractivity contribution in [2.45, 2.75) is 18.9 Å². The lowest BCUT2D eigenvalue weighted by Crippen LogP contribution is -2.33. The summed E-state index contributed by atoms with van der Waals surface area (Å²) >= 11 is 0. The maximum atomic E-state index is 11.7. The Hall–Kier alpha value is -2.82. The van der Waals surface area contributed by atoms with Crippen LogP contribution in [0.4, 0.5) is 4.79 Å². The van der Waals surface area contributed by atoms with Crippen molar-refractivity contribution in [2.24, 2.45) is 0 Å². The molecule has 0 aliphatic heterocycles. The van der Waals surface area contributed by atoms with E-state index in [0.717, 1.165) is 22.3 Å². The molecule has 0 bridgehead atoms. The highest BCUT2D eigenvalue weighted by Gasteiger charge is 2.29. The molecule has 0 saturated carbocycles. The molecule has 2 aromatic rings. The van der Waals surface area contributed by atoms with Crippen LogP contribution < -0.4 is 5.32 Å². The Morgan fingerprint density at radius 3 is 2.13 bits per heavy atom. The maximum absolute atomic E-state index is 11.7. The molecule has 5 nitrogen and oxygen atoms in total. The van der Waals surface area contributed by atoms with Gasteiger partial charge in [-0.25, -0.2) is 9.59 Å². The Bertz CT molecular complexity index is 711.